The molecule has 172 valence electrons. The molecule has 0 fully saturated rings. The van der Waals surface area contributed by atoms with Gasteiger partial charge in [0, 0.05) is 11.7 Å². The fourth-order valence-corrected chi connectivity index (χ4v) is 6.13. The number of fused-ring (bicyclic) bond motifs is 1. The number of sulfonamides is 1. The SMILES string of the molecule is CCC(C(=O)Nc1ccc2c(c1)sc(=O)n2C(C)C)N(c1cc(C)ccc1C)S(C)(=O)=O. The van der Waals surface area contributed by atoms with E-state index in [1.54, 1.807) is 29.7 Å². The van der Waals surface area contributed by atoms with E-state index in [1.165, 1.54) is 4.31 Å². The van der Waals surface area contributed by atoms with Gasteiger partial charge in [-0.1, -0.05) is 30.4 Å². The minimum absolute atomic E-state index is 0.0297. The Bertz CT molecular complexity index is 1320. The Morgan fingerprint density at radius 2 is 1.84 bits per heavy atom. The average Bonchev–Trinajstić information content (AvgIpc) is 3.02. The van der Waals surface area contributed by atoms with Crippen LogP contribution in [0.25, 0.3) is 10.2 Å². The van der Waals surface area contributed by atoms with Crippen molar-refractivity contribution in [3.63, 3.8) is 0 Å². The summed E-state index contributed by atoms with van der Waals surface area (Å²) in [6.07, 6.45) is 1.41. The number of hydrogen-bond acceptors (Lipinski definition) is 5. The van der Waals surface area contributed by atoms with E-state index < -0.39 is 22.0 Å². The second kappa shape index (κ2) is 9.07. The highest BCUT2D eigenvalue weighted by atomic mass is 32.2. The number of rotatable bonds is 7. The van der Waals surface area contributed by atoms with Crippen LogP contribution < -0.4 is 14.5 Å². The Hall–Kier alpha value is -2.65. The monoisotopic (exact) mass is 475 g/mol. The lowest BCUT2D eigenvalue weighted by molar-refractivity contribution is -0.117. The van der Waals surface area contributed by atoms with Crippen molar-refractivity contribution in [1.82, 2.24) is 4.57 Å². The van der Waals surface area contributed by atoms with Gasteiger partial charge in [-0.25, -0.2) is 8.42 Å². The minimum atomic E-state index is -3.72. The number of aromatic nitrogens is 1. The molecule has 1 unspecified atom stereocenters. The molecule has 0 aliphatic carbocycles. The third-order valence-corrected chi connectivity index (χ3v) is 7.41. The summed E-state index contributed by atoms with van der Waals surface area (Å²) in [5, 5.41) is 2.85. The summed E-state index contributed by atoms with van der Waals surface area (Å²) >= 11 is 1.12. The third kappa shape index (κ3) is 4.73. The smallest absolute Gasteiger partial charge is 0.308 e. The van der Waals surface area contributed by atoms with Crippen LogP contribution in [0.4, 0.5) is 11.4 Å². The second-order valence-electron chi connectivity index (χ2n) is 8.28. The third-order valence-electron chi connectivity index (χ3n) is 5.33. The van der Waals surface area contributed by atoms with Crippen LogP contribution in [-0.2, 0) is 14.8 Å². The first kappa shape index (κ1) is 24.0. The van der Waals surface area contributed by atoms with Crippen molar-refractivity contribution in [3.05, 3.63) is 57.2 Å². The largest absolute Gasteiger partial charge is 0.324 e. The Morgan fingerprint density at radius 3 is 2.44 bits per heavy atom. The molecule has 0 aliphatic rings. The fourth-order valence-electron chi connectivity index (χ4n) is 3.82. The van der Waals surface area contributed by atoms with E-state index in [4.69, 9.17) is 0 Å². The van der Waals surface area contributed by atoms with Crippen LogP contribution in [-0.4, -0.2) is 31.2 Å². The number of hydrogen-bond donors (Lipinski definition) is 1. The summed E-state index contributed by atoms with van der Waals surface area (Å²) in [6.45, 7) is 9.39. The van der Waals surface area contributed by atoms with Gasteiger partial charge in [0.2, 0.25) is 15.9 Å². The molecule has 1 N–H and O–H groups in total. The molecule has 32 heavy (non-hydrogen) atoms. The molecule has 2 aromatic carbocycles. The standard InChI is InChI=1S/C23H29N3O4S2/c1-7-18(26(32(6,29)30)20-12-15(4)8-9-16(20)5)22(27)24-17-10-11-19-21(13-17)31-23(28)25(19)14(2)3/h8-14,18H,7H2,1-6H3,(H,24,27). The van der Waals surface area contributed by atoms with Crippen molar-refractivity contribution in [1.29, 1.82) is 0 Å². The van der Waals surface area contributed by atoms with Crippen LogP contribution >= 0.6 is 11.3 Å². The van der Waals surface area contributed by atoms with Crippen molar-refractivity contribution < 1.29 is 13.2 Å². The molecule has 0 spiro atoms. The van der Waals surface area contributed by atoms with Crippen molar-refractivity contribution in [3.8, 4) is 0 Å². The average molecular weight is 476 g/mol. The number of anilines is 2. The molecule has 0 bridgehead atoms. The first-order valence-corrected chi connectivity index (χ1v) is 13.1. The van der Waals surface area contributed by atoms with Crippen molar-refractivity contribution in [2.24, 2.45) is 0 Å². The van der Waals surface area contributed by atoms with Crippen LogP contribution in [0.5, 0.6) is 0 Å². The first-order valence-electron chi connectivity index (χ1n) is 10.5. The van der Waals surface area contributed by atoms with Gasteiger partial charge in [-0.3, -0.25) is 18.5 Å². The second-order valence-corrected chi connectivity index (χ2v) is 11.1. The van der Waals surface area contributed by atoms with Gasteiger partial charge in [-0.15, -0.1) is 0 Å². The van der Waals surface area contributed by atoms with Crippen molar-refractivity contribution in [2.45, 2.75) is 53.1 Å². The van der Waals surface area contributed by atoms with Gasteiger partial charge < -0.3 is 5.32 Å². The predicted molar refractivity (Wildman–Crippen MR) is 132 cm³/mol. The van der Waals surface area contributed by atoms with Crippen LogP contribution in [0.15, 0.2) is 41.2 Å². The van der Waals surface area contributed by atoms with Crippen molar-refractivity contribution >= 4 is 48.9 Å². The summed E-state index contributed by atoms with van der Waals surface area (Å²) in [4.78, 5) is 25.5. The highest BCUT2D eigenvalue weighted by Gasteiger charge is 2.32. The van der Waals surface area contributed by atoms with Crippen LogP contribution in [0.2, 0.25) is 0 Å². The van der Waals surface area contributed by atoms with Crippen LogP contribution in [0.1, 0.15) is 44.4 Å². The fraction of sp³-hybridized carbons (Fsp3) is 0.391. The van der Waals surface area contributed by atoms with Crippen LogP contribution in [0, 0.1) is 13.8 Å². The van der Waals surface area contributed by atoms with E-state index in [0.29, 0.717) is 17.8 Å². The first-order chi connectivity index (χ1) is 14.9. The highest BCUT2D eigenvalue weighted by Crippen LogP contribution is 2.29. The number of benzene rings is 2. The molecule has 0 radical (unpaired) electrons. The zero-order valence-corrected chi connectivity index (χ0v) is 20.8. The maximum atomic E-state index is 13.2. The molecule has 7 nitrogen and oxygen atoms in total. The molecular formula is C23H29N3O4S2. The van der Waals surface area contributed by atoms with E-state index in [9.17, 15) is 18.0 Å². The summed E-state index contributed by atoms with van der Waals surface area (Å²) in [7, 11) is -3.72. The molecule has 1 heterocycles. The topological polar surface area (TPSA) is 88.5 Å². The normalized spacial score (nSPS) is 12.8. The molecule has 1 atom stereocenters. The number of carbonyl (C=O) groups is 1. The maximum absolute atomic E-state index is 13.2. The number of nitrogens with zero attached hydrogens (tertiary/aromatic N) is 2. The Balaban J connectivity index is 1.98. The zero-order chi connectivity index (χ0) is 23.8. The Labute approximate surface area is 192 Å². The lowest BCUT2D eigenvalue weighted by atomic mass is 10.1. The predicted octanol–water partition coefficient (Wildman–Crippen LogP) is 4.44. The van der Waals surface area contributed by atoms with E-state index in [1.807, 2.05) is 45.9 Å². The zero-order valence-electron chi connectivity index (χ0n) is 19.2. The molecule has 0 saturated carbocycles. The molecule has 0 aliphatic heterocycles. The quantitative estimate of drug-likeness (QED) is 0.547. The van der Waals surface area contributed by atoms with E-state index in [0.717, 1.165) is 38.9 Å². The van der Waals surface area contributed by atoms with Gasteiger partial charge in [0.25, 0.3) is 0 Å². The summed E-state index contributed by atoms with van der Waals surface area (Å²) in [5.41, 5.74) is 3.51. The number of aryl methyl sites for hydroxylation is 2. The molecule has 9 heteroatoms. The highest BCUT2D eigenvalue weighted by molar-refractivity contribution is 7.92. The van der Waals surface area contributed by atoms with E-state index in [-0.39, 0.29) is 10.9 Å². The lowest BCUT2D eigenvalue weighted by Gasteiger charge is -2.31. The Kier molecular flexibility index (Phi) is 6.80. The van der Waals surface area contributed by atoms with Gasteiger partial charge in [0.05, 0.1) is 22.2 Å². The molecule has 3 rings (SSSR count). The molecule has 1 aromatic heterocycles. The minimum Gasteiger partial charge on any atom is -0.324 e. The number of carbonyl (C=O) groups excluding carboxylic acids is 1. The number of amides is 1. The van der Waals surface area contributed by atoms with Gasteiger partial charge in [0.1, 0.15) is 6.04 Å². The molecule has 3 aromatic rings. The number of nitrogens with one attached hydrogen (secondary N) is 1. The maximum Gasteiger partial charge on any atom is 0.308 e. The summed E-state index contributed by atoms with van der Waals surface area (Å²) < 4.78 is 29.2. The molecule has 0 saturated heterocycles. The van der Waals surface area contributed by atoms with Crippen molar-refractivity contribution in [2.75, 3.05) is 15.9 Å². The Morgan fingerprint density at radius 1 is 1.16 bits per heavy atom. The van der Waals surface area contributed by atoms with E-state index in [2.05, 4.69) is 5.32 Å². The lowest BCUT2D eigenvalue weighted by Crippen LogP contribution is -2.47. The van der Waals surface area contributed by atoms with Gasteiger partial charge in [-0.2, -0.15) is 0 Å². The van der Waals surface area contributed by atoms with E-state index >= 15 is 0 Å². The molecule has 1 amide bonds. The van der Waals surface area contributed by atoms with Gasteiger partial charge in [-0.05, 0) is 69.5 Å². The summed E-state index contributed by atoms with van der Waals surface area (Å²) in [5.74, 6) is -0.422. The van der Waals surface area contributed by atoms with Gasteiger partial charge in [0.15, 0.2) is 0 Å². The molecular weight excluding hydrogens is 446 g/mol. The van der Waals surface area contributed by atoms with Gasteiger partial charge >= 0.3 is 4.87 Å². The summed E-state index contributed by atoms with van der Waals surface area (Å²) in [6, 6.07) is 9.96. The number of thiazole rings is 1. The van der Waals surface area contributed by atoms with Crippen LogP contribution in [0.3, 0.4) is 0 Å².